The number of rotatable bonds is 2. The van der Waals surface area contributed by atoms with Crippen molar-refractivity contribution in [3.05, 3.63) is 53.7 Å². The van der Waals surface area contributed by atoms with Crippen LogP contribution in [-0.2, 0) is 0 Å². The van der Waals surface area contributed by atoms with Gasteiger partial charge in [0.25, 0.3) is 0 Å². The minimum absolute atomic E-state index is 0.110. The van der Waals surface area contributed by atoms with Gasteiger partial charge in [-0.05, 0) is 50.7 Å². The van der Waals surface area contributed by atoms with E-state index >= 15 is 0 Å². The summed E-state index contributed by atoms with van der Waals surface area (Å²) in [6, 6.07) is 12.1. The molecule has 1 aliphatic heterocycles. The Kier molecular flexibility index (Phi) is 4.22. The largest absolute Gasteiger partial charge is 0.487 e. The molecule has 0 radical (unpaired) electrons. The number of anilines is 1. The summed E-state index contributed by atoms with van der Waals surface area (Å²) in [4.78, 5) is 4.32. The lowest BCUT2D eigenvalue weighted by molar-refractivity contribution is 0.0697. The number of nitrogens with one attached hydrogen (secondary N) is 2. The third-order valence-electron chi connectivity index (χ3n) is 3.92. The van der Waals surface area contributed by atoms with Crippen LogP contribution in [0.4, 0.5) is 5.82 Å². The van der Waals surface area contributed by atoms with Crippen molar-refractivity contribution in [3.8, 4) is 5.75 Å². The van der Waals surface area contributed by atoms with E-state index in [-0.39, 0.29) is 11.6 Å². The number of pyridine rings is 1. The van der Waals surface area contributed by atoms with E-state index in [0.29, 0.717) is 5.11 Å². The van der Waals surface area contributed by atoms with Gasteiger partial charge in [0, 0.05) is 18.2 Å². The number of aryl methyl sites for hydroxylation is 1. The second kappa shape index (κ2) is 6.16. The topological polar surface area (TPSA) is 46.2 Å². The molecule has 1 atom stereocenters. The number of nitrogens with zero attached hydrogens (tertiary/aromatic N) is 1. The lowest BCUT2D eigenvalue weighted by Crippen LogP contribution is -2.42. The van der Waals surface area contributed by atoms with Crippen molar-refractivity contribution in [1.29, 1.82) is 0 Å². The molecule has 0 spiro atoms. The van der Waals surface area contributed by atoms with Gasteiger partial charge in [-0.3, -0.25) is 0 Å². The van der Waals surface area contributed by atoms with Gasteiger partial charge in [0.15, 0.2) is 5.11 Å². The van der Waals surface area contributed by atoms with Crippen LogP contribution >= 0.6 is 12.2 Å². The first kappa shape index (κ1) is 15.7. The van der Waals surface area contributed by atoms with E-state index in [1.165, 1.54) is 0 Å². The van der Waals surface area contributed by atoms with Gasteiger partial charge in [-0.2, -0.15) is 0 Å². The Morgan fingerprint density at radius 2 is 2.04 bits per heavy atom. The molecule has 3 rings (SSSR count). The summed E-state index contributed by atoms with van der Waals surface area (Å²) in [5, 5.41) is 7.16. The second-order valence-corrected chi connectivity index (χ2v) is 6.83. The summed E-state index contributed by atoms with van der Waals surface area (Å²) in [5.41, 5.74) is 1.96. The normalized spacial score (nSPS) is 18.5. The van der Waals surface area contributed by atoms with Crippen LogP contribution in [0, 0.1) is 6.92 Å². The molecule has 2 aromatic rings. The van der Waals surface area contributed by atoms with Crippen molar-refractivity contribution in [2.75, 3.05) is 5.32 Å². The van der Waals surface area contributed by atoms with E-state index in [9.17, 15) is 0 Å². The minimum Gasteiger partial charge on any atom is -0.487 e. The predicted molar refractivity (Wildman–Crippen MR) is 96.8 cm³/mol. The van der Waals surface area contributed by atoms with Crippen molar-refractivity contribution in [3.63, 3.8) is 0 Å². The molecule has 1 aromatic carbocycles. The Morgan fingerprint density at radius 1 is 1.26 bits per heavy atom. The number of benzene rings is 1. The molecule has 0 aliphatic carbocycles. The molecule has 120 valence electrons. The average Bonchev–Trinajstić information content (AvgIpc) is 2.48. The van der Waals surface area contributed by atoms with Gasteiger partial charge in [0.05, 0.1) is 6.04 Å². The van der Waals surface area contributed by atoms with Crippen molar-refractivity contribution >= 4 is 23.1 Å². The number of hydrogen-bond donors (Lipinski definition) is 2. The van der Waals surface area contributed by atoms with E-state index in [2.05, 4.69) is 35.5 Å². The summed E-state index contributed by atoms with van der Waals surface area (Å²) < 4.78 is 6.05. The zero-order valence-electron chi connectivity index (χ0n) is 13.6. The Hall–Kier alpha value is -2.14. The van der Waals surface area contributed by atoms with Gasteiger partial charge in [-0.15, -0.1) is 0 Å². The number of thiocarbonyl (C=S) groups is 1. The zero-order valence-corrected chi connectivity index (χ0v) is 14.4. The van der Waals surface area contributed by atoms with Crippen LogP contribution < -0.4 is 15.4 Å². The van der Waals surface area contributed by atoms with E-state index in [1.807, 2.05) is 37.3 Å². The molecule has 0 saturated carbocycles. The Labute approximate surface area is 142 Å². The molecule has 2 N–H and O–H groups in total. The van der Waals surface area contributed by atoms with Crippen molar-refractivity contribution in [2.24, 2.45) is 0 Å². The van der Waals surface area contributed by atoms with Crippen molar-refractivity contribution < 1.29 is 4.74 Å². The van der Waals surface area contributed by atoms with Gasteiger partial charge in [-0.1, -0.05) is 24.3 Å². The molecule has 0 bridgehead atoms. The highest BCUT2D eigenvalue weighted by molar-refractivity contribution is 7.80. The zero-order chi connectivity index (χ0) is 16.4. The maximum Gasteiger partial charge on any atom is 0.172 e. The molecule has 23 heavy (non-hydrogen) atoms. The summed E-state index contributed by atoms with van der Waals surface area (Å²) in [6.07, 6.45) is 2.60. The van der Waals surface area contributed by atoms with Crippen LogP contribution in [-0.4, -0.2) is 15.7 Å². The highest BCUT2D eigenvalue weighted by Crippen LogP contribution is 2.39. The number of fused-ring (bicyclic) bond motifs is 1. The van der Waals surface area contributed by atoms with E-state index in [4.69, 9.17) is 17.0 Å². The number of aromatic nitrogens is 1. The van der Waals surface area contributed by atoms with Crippen molar-refractivity contribution in [2.45, 2.75) is 38.8 Å². The molecule has 0 saturated heterocycles. The molecule has 0 amide bonds. The SMILES string of the molecule is Cc1cccnc1NC(=S)NC1CC(C)(C)Oc2ccccc21. The fourth-order valence-electron chi connectivity index (χ4n) is 2.85. The molecule has 2 heterocycles. The molecule has 4 nitrogen and oxygen atoms in total. The van der Waals surface area contributed by atoms with Gasteiger partial charge >= 0.3 is 0 Å². The van der Waals surface area contributed by atoms with E-state index < -0.39 is 0 Å². The van der Waals surface area contributed by atoms with Crippen LogP contribution in [0.3, 0.4) is 0 Å². The molecular formula is C18H21N3OS. The first-order chi connectivity index (χ1) is 10.9. The third kappa shape index (κ3) is 3.62. The lowest BCUT2D eigenvalue weighted by Gasteiger charge is -2.38. The highest BCUT2D eigenvalue weighted by atomic mass is 32.1. The Bertz CT molecular complexity index is 730. The third-order valence-corrected chi connectivity index (χ3v) is 4.14. The highest BCUT2D eigenvalue weighted by Gasteiger charge is 2.33. The molecule has 1 aromatic heterocycles. The van der Waals surface area contributed by atoms with E-state index in [1.54, 1.807) is 6.20 Å². The van der Waals surface area contributed by atoms with Gasteiger partial charge in [0.1, 0.15) is 17.2 Å². The van der Waals surface area contributed by atoms with Gasteiger partial charge < -0.3 is 15.4 Å². The number of hydrogen-bond acceptors (Lipinski definition) is 3. The molecule has 1 aliphatic rings. The van der Waals surface area contributed by atoms with Crippen molar-refractivity contribution in [1.82, 2.24) is 10.3 Å². The summed E-state index contributed by atoms with van der Waals surface area (Å²) in [7, 11) is 0. The lowest BCUT2D eigenvalue weighted by atomic mass is 9.90. The summed E-state index contributed by atoms with van der Waals surface area (Å²) in [5.74, 6) is 1.70. The Balaban J connectivity index is 1.77. The fraction of sp³-hybridized carbons (Fsp3) is 0.333. The first-order valence-electron chi connectivity index (χ1n) is 7.72. The van der Waals surface area contributed by atoms with Crippen LogP contribution in [0.5, 0.6) is 5.75 Å². The van der Waals surface area contributed by atoms with Crippen LogP contribution in [0.25, 0.3) is 0 Å². The predicted octanol–water partition coefficient (Wildman–Crippen LogP) is 3.98. The van der Waals surface area contributed by atoms with Gasteiger partial charge in [0.2, 0.25) is 0 Å². The maximum atomic E-state index is 6.05. The van der Waals surface area contributed by atoms with Gasteiger partial charge in [-0.25, -0.2) is 4.98 Å². The fourth-order valence-corrected chi connectivity index (χ4v) is 3.09. The second-order valence-electron chi connectivity index (χ2n) is 6.42. The number of ether oxygens (including phenoxy) is 1. The van der Waals surface area contributed by atoms with Crippen LogP contribution in [0.1, 0.15) is 37.4 Å². The molecule has 1 unspecified atom stereocenters. The Morgan fingerprint density at radius 3 is 2.83 bits per heavy atom. The average molecular weight is 327 g/mol. The summed E-state index contributed by atoms with van der Waals surface area (Å²) in [6.45, 7) is 6.19. The van der Waals surface area contributed by atoms with E-state index in [0.717, 1.165) is 29.1 Å². The molecular weight excluding hydrogens is 306 g/mol. The molecule has 0 fully saturated rings. The first-order valence-corrected chi connectivity index (χ1v) is 8.12. The standard InChI is InChI=1S/C18H21N3OS/c1-12-7-6-10-19-16(12)21-17(23)20-14-11-18(2,3)22-15-9-5-4-8-13(14)15/h4-10,14H,11H2,1-3H3,(H2,19,20,21,23). The monoisotopic (exact) mass is 327 g/mol. The van der Waals surface area contributed by atoms with Crippen LogP contribution in [0.2, 0.25) is 0 Å². The quantitative estimate of drug-likeness (QED) is 0.817. The molecule has 5 heteroatoms. The van der Waals surface area contributed by atoms with Crippen LogP contribution in [0.15, 0.2) is 42.6 Å². The minimum atomic E-state index is -0.234. The summed E-state index contributed by atoms with van der Waals surface area (Å²) >= 11 is 5.48. The smallest absolute Gasteiger partial charge is 0.172 e. The number of para-hydroxylation sites is 1. The maximum absolute atomic E-state index is 6.05.